The minimum absolute atomic E-state index is 0.212. The van der Waals surface area contributed by atoms with Crippen LogP contribution in [0, 0.1) is 0 Å². The summed E-state index contributed by atoms with van der Waals surface area (Å²) in [6, 6.07) is 14.2. The van der Waals surface area contributed by atoms with Gasteiger partial charge in [-0.25, -0.2) is 5.84 Å². The molecule has 3 nitrogen and oxygen atoms in total. The molecule has 0 radical (unpaired) electrons. The predicted molar refractivity (Wildman–Crippen MR) is 81.8 cm³/mol. The number of amides is 1. The van der Waals surface area contributed by atoms with E-state index in [1.165, 1.54) is 5.01 Å². The van der Waals surface area contributed by atoms with Gasteiger partial charge in [0.25, 0.3) is 5.91 Å². The third-order valence-electron chi connectivity index (χ3n) is 2.92. The fourth-order valence-electron chi connectivity index (χ4n) is 1.81. The maximum Gasteiger partial charge on any atom is 0.267 e. The number of hydrogen-bond acceptors (Lipinski definition) is 2. The molecule has 0 bridgehead atoms. The number of hydrogen-bond donors (Lipinski definition) is 1. The third kappa shape index (κ3) is 3.73. The van der Waals surface area contributed by atoms with Crippen LogP contribution in [0.1, 0.15) is 15.9 Å². The molecule has 2 aromatic rings. The minimum atomic E-state index is -0.212. The summed E-state index contributed by atoms with van der Waals surface area (Å²) in [5.74, 6) is 5.58. The summed E-state index contributed by atoms with van der Waals surface area (Å²) in [4.78, 5) is 12.1. The van der Waals surface area contributed by atoms with Crippen LogP contribution < -0.4 is 5.84 Å². The van der Waals surface area contributed by atoms with Crippen LogP contribution in [-0.4, -0.2) is 17.5 Å². The lowest BCUT2D eigenvalue weighted by Gasteiger charge is -2.17. The molecule has 0 heterocycles. The Labute approximate surface area is 127 Å². The molecule has 0 saturated carbocycles. The van der Waals surface area contributed by atoms with Crippen LogP contribution in [0.5, 0.6) is 0 Å². The van der Waals surface area contributed by atoms with Gasteiger partial charge in [0.05, 0.1) is 0 Å². The van der Waals surface area contributed by atoms with Crippen molar-refractivity contribution >= 4 is 29.1 Å². The van der Waals surface area contributed by atoms with Crippen molar-refractivity contribution in [3.63, 3.8) is 0 Å². The Bertz CT molecular complexity index is 602. The minimum Gasteiger partial charge on any atom is -0.276 e. The topological polar surface area (TPSA) is 46.3 Å². The monoisotopic (exact) mass is 308 g/mol. The highest BCUT2D eigenvalue weighted by atomic mass is 35.5. The number of halogens is 2. The molecular formula is C15H14Cl2N2O. The molecule has 104 valence electrons. The lowest BCUT2D eigenvalue weighted by Crippen LogP contribution is -2.38. The number of hydrazine groups is 1. The van der Waals surface area contributed by atoms with Gasteiger partial charge in [-0.2, -0.15) is 0 Å². The summed E-state index contributed by atoms with van der Waals surface area (Å²) < 4.78 is 0. The molecule has 0 aliphatic carbocycles. The van der Waals surface area contributed by atoms with E-state index in [1.54, 1.807) is 36.4 Å². The van der Waals surface area contributed by atoms with Crippen molar-refractivity contribution in [1.82, 2.24) is 5.01 Å². The first-order valence-electron chi connectivity index (χ1n) is 6.13. The highest BCUT2D eigenvalue weighted by Gasteiger charge is 2.12. The van der Waals surface area contributed by atoms with E-state index in [0.717, 1.165) is 5.56 Å². The average molecular weight is 309 g/mol. The van der Waals surface area contributed by atoms with E-state index in [-0.39, 0.29) is 5.91 Å². The largest absolute Gasteiger partial charge is 0.276 e. The van der Waals surface area contributed by atoms with Gasteiger partial charge in [-0.3, -0.25) is 9.80 Å². The van der Waals surface area contributed by atoms with Crippen molar-refractivity contribution in [1.29, 1.82) is 0 Å². The van der Waals surface area contributed by atoms with Crippen LogP contribution in [0.25, 0.3) is 0 Å². The van der Waals surface area contributed by atoms with Gasteiger partial charge < -0.3 is 0 Å². The standard InChI is InChI=1S/C15H14Cl2N2O/c16-13-7-6-11(14(17)10-13)8-9-19(18)15(20)12-4-2-1-3-5-12/h1-7,10H,8-9,18H2. The Balaban J connectivity index is 1.98. The summed E-state index contributed by atoms with van der Waals surface area (Å²) in [5, 5.41) is 2.36. The van der Waals surface area contributed by atoms with Gasteiger partial charge in [0, 0.05) is 22.2 Å². The van der Waals surface area contributed by atoms with E-state index in [9.17, 15) is 4.79 Å². The lowest BCUT2D eigenvalue weighted by molar-refractivity contribution is 0.0757. The fraction of sp³-hybridized carbons (Fsp3) is 0.133. The van der Waals surface area contributed by atoms with Crippen LogP contribution in [0.2, 0.25) is 10.0 Å². The van der Waals surface area contributed by atoms with E-state index in [0.29, 0.717) is 28.6 Å². The van der Waals surface area contributed by atoms with Crippen molar-refractivity contribution < 1.29 is 4.79 Å². The van der Waals surface area contributed by atoms with Crippen LogP contribution >= 0.6 is 23.2 Å². The van der Waals surface area contributed by atoms with Gasteiger partial charge in [0.1, 0.15) is 0 Å². The summed E-state index contributed by atoms with van der Waals surface area (Å²) >= 11 is 11.9. The first-order valence-corrected chi connectivity index (χ1v) is 6.89. The van der Waals surface area contributed by atoms with Crippen molar-refractivity contribution in [2.75, 3.05) is 6.54 Å². The summed E-state index contributed by atoms with van der Waals surface area (Å²) in [7, 11) is 0. The first kappa shape index (κ1) is 14.9. The number of rotatable bonds is 4. The number of nitrogens with two attached hydrogens (primary N) is 1. The first-order chi connectivity index (χ1) is 9.58. The molecule has 0 unspecified atom stereocenters. The van der Waals surface area contributed by atoms with E-state index in [1.807, 2.05) is 12.1 Å². The molecule has 2 N–H and O–H groups in total. The Morgan fingerprint density at radius 3 is 2.45 bits per heavy atom. The lowest BCUT2D eigenvalue weighted by atomic mass is 10.1. The maximum atomic E-state index is 12.1. The van der Waals surface area contributed by atoms with Crippen molar-refractivity contribution in [2.24, 2.45) is 5.84 Å². The van der Waals surface area contributed by atoms with E-state index in [4.69, 9.17) is 29.0 Å². The molecule has 0 aromatic heterocycles. The van der Waals surface area contributed by atoms with Crippen LogP contribution in [-0.2, 0) is 6.42 Å². The number of benzene rings is 2. The smallest absolute Gasteiger partial charge is 0.267 e. The Kier molecular flexibility index (Phi) is 5.01. The molecule has 5 heteroatoms. The Hall–Kier alpha value is -1.55. The van der Waals surface area contributed by atoms with Crippen molar-refractivity contribution in [3.05, 3.63) is 69.7 Å². The maximum absolute atomic E-state index is 12.1. The highest BCUT2D eigenvalue weighted by Crippen LogP contribution is 2.21. The zero-order chi connectivity index (χ0) is 14.5. The van der Waals surface area contributed by atoms with Gasteiger partial charge in [-0.1, -0.05) is 47.5 Å². The summed E-state index contributed by atoms with van der Waals surface area (Å²) in [6.45, 7) is 0.384. The van der Waals surface area contributed by atoms with Crippen molar-refractivity contribution in [3.8, 4) is 0 Å². The van der Waals surface area contributed by atoms with Crippen molar-refractivity contribution in [2.45, 2.75) is 6.42 Å². The summed E-state index contributed by atoms with van der Waals surface area (Å²) in [5.41, 5.74) is 1.48. The quantitative estimate of drug-likeness (QED) is 0.533. The molecular weight excluding hydrogens is 295 g/mol. The van der Waals surface area contributed by atoms with Crippen LogP contribution in [0.3, 0.4) is 0 Å². The number of carbonyl (C=O) groups excluding carboxylic acids is 1. The molecule has 2 aromatic carbocycles. The van der Waals surface area contributed by atoms with Crippen LogP contribution in [0.15, 0.2) is 48.5 Å². The molecule has 0 atom stereocenters. The third-order valence-corrected chi connectivity index (χ3v) is 3.51. The van der Waals surface area contributed by atoms with Gasteiger partial charge in [0.2, 0.25) is 0 Å². The van der Waals surface area contributed by atoms with Gasteiger partial charge in [0.15, 0.2) is 0 Å². The molecule has 1 amide bonds. The molecule has 0 spiro atoms. The fourth-order valence-corrected chi connectivity index (χ4v) is 2.32. The zero-order valence-electron chi connectivity index (χ0n) is 10.7. The second-order valence-corrected chi connectivity index (χ2v) is 5.19. The second-order valence-electron chi connectivity index (χ2n) is 4.35. The average Bonchev–Trinajstić information content (AvgIpc) is 2.46. The SMILES string of the molecule is NN(CCc1ccc(Cl)cc1Cl)C(=O)c1ccccc1. The van der Waals surface area contributed by atoms with Gasteiger partial charge in [-0.15, -0.1) is 0 Å². The summed E-state index contributed by atoms with van der Waals surface area (Å²) in [6.07, 6.45) is 0.574. The van der Waals surface area contributed by atoms with Gasteiger partial charge in [-0.05, 0) is 36.2 Å². The van der Waals surface area contributed by atoms with E-state index < -0.39 is 0 Å². The predicted octanol–water partition coefficient (Wildman–Crippen LogP) is 3.55. The van der Waals surface area contributed by atoms with E-state index >= 15 is 0 Å². The van der Waals surface area contributed by atoms with Gasteiger partial charge >= 0.3 is 0 Å². The molecule has 0 aliphatic heterocycles. The molecule has 2 rings (SSSR count). The number of nitrogens with zero attached hydrogens (tertiary/aromatic N) is 1. The van der Waals surface area contributed by atoms with E-state index in [2.05, 4.69) is 0 Å². The molecule has 0 saturated heterocycles. The zero-order valence-corrected chi connectivity index (χ0v) is 12.2. The Morgan fingerprint density at radius 2 is 1.80 bits per heavy atom. The highest BCUT2D eigenvalue weighted by molar-refractivity contribution is 6.35. The second kappa shape index (κ2) is 6.75. The molecule has 20 heavy (non-hydrogen) atoms. The molecule has 0 aliphatic rings. The number of carbonyl (C=O) groups is 1. The normalized spacial score (nSPS) is 10.3. The molecule has 0 fully saturated rings. The van der Waals surface area contributed by atoms with Crippen LogP contribution in [0.4, 0.5) is 0 Å². The Morgan fingerprint density at radius 1 is 1.10 bits per heavy atom.